The Morgan fingerprint density at radius 2 is 2.06 bits per heavy atom. The fraction of sp³-hybridized carbons (Fsp3) is 0.250. The van der Waals surface area contributed by atoms with Crippen molar-refractivity contribution in [1.29, 1.82) is 0 Å². The highest BCUT2D eigenvalue weighted by atomic mass is 79.9. The zero-order valence-electron chi connectivity index (χ0n) is 9.10. The summed E-state index contributed by atoms with van der Waals surface area (Å²) in [6.07, 6.45) is 3.75. The lowest BCUT2D eigenvalue weighted by atomic mass is 10.1. The van der Waals surface area contributed by atoms with Crippen molar-refractivity contribution in [3.8, 4) is 0 Å². The maximum Gasteiger partial charge on any atom is 0.105 e. The van der Waals surface area contributed by atoms with Gasteiger partial charge in [-0.15, -0.1) is 0 Å². The van der Waals surface area contributed by atoms with Gasteiger partial charge in [0.25, 0.3) is 0 Å². The maximum absolute atomic E-state index is 6.14. The first-order valence-electron chi connectivity index (χ1n) is 5.15. The summed E-state index contributed by atoms with van der Waals surface area (Å²) < 4.78 is 3.13. The summed E-state index contributed by atoms with van der Waals surface area (Å²) in [7, 11) is 0. The highest BCUT2D eigenvalue weighted by Crippen LogP contribution is 2.17. The summed E-state index contributed by atoms with van der Waals surface area (Å²) in [5.74, 6) is 0.993. The van der Waals surface area contributed by atoms with E-state index in [0.717, 1.165) is 22.4 Å². The third-order valence-corrected chi connectivity index (χ3v) is 3.14. The van der Waals surface area contributed by atoms with E-state index in [0.29, 0.717) is 0 Å². The second-order valence-corrected chi connectivity index (χ2v) is 4.70. The molecule has 0 amide bonds. The van der Waals surface area contributed by atoms with Crippen LogP contribution in [-0.2, 0) is 6.54 Å². The summed E-state index contributed by atoms with van der Waals surface area (Å²) in [6, 6.07) is 8.11. The molecule has 4 heteroatoms. The molecule has 84 valence electrons. The van der Waals surface area contributed by atoms with Gasteiger partial charge in [-0.2, -0.15) is 0 Å². The van der Waals surface area contributed by atoms with Gasteiger partial charge in [-0.1, -0.05) is 28.1 Å². The molecule has 1 aromatic carbocycles. The van der Waals surface area contributed by atoms with Crippen LogP contribution >= 0.6 is 15.9 Å². The van der Waals surface area contributed by atoms with Crippen molar-refractivity contribution in [2.75, 3.05) is 0 Å². The van der Waals surface area contributed by atoms with Crippen LogP contribution in [0.5, 0.6) is 0 Å². The summed E-state index contributed by atoms with van der Waals surface area (Å²) in [6.45, 7) is 2.74. The number of aromatic nitrogens is 2. The molecule has 0 spiro atoms. The highest BCUT2D eigenvalue weighted by molar-refractivity contribution is 9.10. The van der Waals surface area contributed by atoms with Gasteiger partial charge >= 0.3 is 0 Å². The zero-order chi connectivity index (χ0) is 11.5. The van der Waals surface area contributed by atoms with Gasteiger partial charge in [0.15, 0.2) is 0 Å². The summed E-state index contributed by atoms with van der Waals surface area (Å²) in [5, 5.41) is 0. The minimum Gasteiger partial charge on any atom is -0.333 e. The molecule has 0 saturated heterocycles. The van der Waals surface area contributed by atoms with Crippen LogP contribution < -0.4 is 5.73 Å². The minimum atomic E-state index is 0.000926. The molecule has 2 N–H and O–H groups in total. The summed E-state index contributed by atoms with van der Waals surface area (Å²) in [5.41, 5.74) is 7.28. The maximum atomic E-state index is 6.14. The molecule has 0 saturated carbocycles. The molecule has 1 unspecified atom stereocenters. The number of aryl methyl sites for hydroxylation is 1. The average molecular weight is 280 g/mol. The van der Waals surface area contributed by atoms with Crippen LogP contribution in [0.4, 0.5) is 0 Å². The number of hydrogen-bond acceptors (Lipinski definition) is 2. The predicted octanol–water partition coefficient (Wildman–Crippen LogP) is 2.65. The van der Waals surface area contributed by atoms with E-state index in [9.17, 15) is 0 Å². The Labute approximate surface area is 103 Å². The largest absolute Gasteiger partial charge is 0.333 e. The quantitative estimate of drug-likeness (QED) is 0.939. The van der Waals surface area contributed by atoms with E-state index in [4.69, 9.17) is 5.73 Å². The van der Waals surface area contributed by atoms with Gasteiger partial charge in [0.2, 0.25) is 0 Å². The SMILES string of the molecule is Cc1nccn1CC(N)c1ccc(Br)cc1. The van der Waals surface area contributed by atoms with Crippen molar-refractivity contribution in [2.24, 2.45) is 5.73 Å². The van der Waals surface area contributed by atoms with Crippen molar-refractivity contribution >= 4 is 15.9 Å². The molecule has 16 heavy (non-hydrogen) atoms. The van der Waals surface area contributed by atoms with Crippen LogP contribution in [0.3, 0.4) is 0 Å². The van der Waals surface area contributed by atoms with Gasteiger partial charge in [-0.3, -0.25) is 0 Å². The molecule has 3 nitrogen and oxygen atoms in total. The van der Waals surface area contributed by atoms with Crippen molar-refractivity contribution in [3.63, 3.8) is 0 Å². The van der Waals surface area contributed by atoms with Gasteiger partial charge in [0.05, 0.1) is 0 Å². The minimum absolute atomic E-state index is 0.000926. The highest BCUT2D eigenvalue weighted by Gasteiger charge is 2.07. The van der Waals surface area contributed by atoms with E-state index in [2.05, 4.69) is 25.5 Å². The Kier molecular flexibility index (Phi) is 3.41. The lowest BCUT2D eigenvalue weighted by Gasteiger charge is -2.14. The van der Waals surface area contributed by atoms with Gasteiger partial charge in [0, 0.05) is 29.5 Å². The topological polar surface area (TPSA) is 43.8 Å². The van der Waals surface area contributed by atoms with E-state index in [-0.39, 0.29) is 6.04 Å². The third kappa shape index (κ3) is 2.51. The lowest BCUT2D eigenvalue weighted by Crippen LogP contribution is -2.17. The molecule has 0 radical (unpaired) electrons. The molecule has 0 bridgehead atoms. The van der Waals surface area contributed by atoms with Gasteiger partial charge in [-0.05, 0) is 24.6 Å². The number of halogens is 1. The first-order chi connectivity index (χ1) is 7.66. The van der Waals surface area contributed by atoms with Crippen molar-refractivity contribution in [2.45, 2.75) is 19.5 Å². The first-order valence-corrected chi connectivity index (χ1v) is 5.95. The predicted molar refractivity (Wildman–Crippen MR) is 68.0 cm³/mol. The van der Waals surface area contributed by atoms with Crippen molar-refractivity contribution < 1.29 is 0 Å². The number of benzene rings is 1. The Morgan fingerprint density at radius 1 is 1.38 bits per heavy atom. The van der Waals surface area contributed by atoms with Gasteiger partial charge in [0.1, 0.15) is 5.82 Å². The van der Waals surface area contributed by atoms with Gasteiger partial charge in [-0.25, -0.2) is 4.98 Å². The van der Waals surface area contributed by atoms with Crippen molar-refractivity contribution in [3.05, 3.63) is 52.5 Å². The molecule has 1 atom stereocenters. The number of imidazole rings is 1. The van der Waals surface area contributed by atoms with Crippen molar-refractivity contribution in [1.82, 2.24) is 9.55 Å². The Hall–Kier alpha value is -1.13. The molecule has 0 aliphatic carbocycles. The fourth-order valence-corrected chi connectivity index (χ4v) is 1.89. The third-order valence-electron chi connectivity index (χ3n) is 2.62. The van der Waals surface area contributed by atoms with E-state index in [1.807, 2.05) is 37.4 Å². The Balaban J connectivity index is 2.11. The van der Waals surface area contributed by atoms with E-state index < -0.39 is 0 Å². The molecule has 1 aromatic heterocycles. The van der Waals surface area contributed by atoms with Crippen LogP contribution in [-0.4, -0.2) is 9.55 Å². The smallest absolute Gasteiger partial charge is 0.105 e. The standard InChI is InChI=1S/C12H14BrN3/c1-9-15-6-7-16(9)8-12(14)10-2-4-11(13)5-3-10/h2-7,12H,8,14H2,1H3. The number of nitrogens with two attached hydrogens (primary N) is 1. The molecule has 2 rings (SSSR count). The Bertz CT molecular complexity index is 461. The summed E-state index contributed by atoms with van der Waals surface area (Å²) >= 11 is 3.41. The second-order valence-electron chi connectivity index (χ2n) is 3.78. The molecule has 2 aromatic rings. The van der Waals surface area contributed by atoms with E-state index in [1.165, 1.54) is 0 Å². The zero-order valence-corrected chi connectivity index (χ0v) is 10.7. The normalized spacial score (nSPS) is 12.7. The van der Waals surface area contributed by atoms with Crippen LogP contribution in [0.2, 0.25) is 0 Å². The molecule has 0 fully saturated rings. The molecular weight excluding hydrogens is 266 g/mol. The van der Waals surface area contributed by atoms with Crippen LogP contribution in [0.1, 0.15) is 17.4 Å². The van der Waals surface area contributed by atoms with E-state index >= 15 is 0 Å². The van der Waals surface area contributed by atoms with Crippen LogP contribution in [0.15, 0.2) is 41.1 Å². The number of rotatable bonds is 3. The molecule has 0 aliphatic rings. The monoisotopic (exact) mass is 279 g/mol. The van der Waals surface area contributed by atoms with Crippen LogP contribution in [0, 0.1) is 6.92 Å². The second kappa shape index (κ2) is 4.80. The number of hydrogen-bond donors (Lipinski definition) is 1. The summed E-state index contributed by atoms with van der Waals surface area (Å²) in [4.78, 5) is 4.18. The fourth-order valence-electron chi connectivity index (χ4n) is 1.62. The molecular formula is C12H14BrN3. The van der Waals surface area contributed by atoms with Gasteiger partial charge < -0.3 is 10.3 Å². The lowest BCUT2D eigenvalue weighted by molar-refractivity contribution is 0.565. The molecule has 1 heterocycles. The van der Waals surface area contributed by atoms with E-state index in [1.54, 1.807) is 6.20 Å². The van der Waals surface area contributed by atoms with Crippen LogP contribution in [0.25, 0.3) is 0 Å². The molecule has 0 aliphatic heterocycles. The number of nitrogens with zero attached hydrogens (tertiary/aromatic N) is 2. The average Bonchev–Trinajstić information content (AvgIpc) is 2.65. The first kappa shape index (κ1) is 11.4. The Morgan fingerprint density at radius 3 is 2.62 bits per heavy atom.